The molecule has 0 heterocycles. The summed E-state index contributed by atoms with van der Waals surface area (Å²) in [6.07, 6.45) is 10.4. The van der Waals surface area contributed by atoms with E-state index in [9.17, 15) is 0 Å². The lowest BCUT2D eigenvalue weighted by atomic mass is 9.85. The van der Waals surface area contributed by atoms with Gasteiger partial charge < -0.3 is 0 Å². The highest BCUT2D eigenvalue weighted by molar-refractivity contribution is 9.08. The van der Waals surface area contributed by atoms with Crippen LogP contribution in [0.2, 0.25) is 0 Å². The number of hydrogen-bond donors (Lipinski definition) is 0. The topological polar surface area (TPSA) is 0 Å². The van der Waals surface area contributed by atoms with Crippen molar-refractivity contribution in [2.45, 2.75) is 50.8 Å². The number of rotatable bonds is 5. The van der Waals surface area contributed by atoms with Crippen molar-refractivity contribution in [3.8, 4) is 0 Å². The van der Waals surface area contributed by atoms with E-state index in [1.165, 1.54) is 49.7 Å². The summed E-state index contributed by atoms with van der Waals surface area (Å²) in [5, 5.41) is 0.959. The highest BCUT2D eigenvalue weighted by atomic mass is 79.9. The molecule has 1 atom stereocenters. The van der Waals surface area contributed by atoms with Gasteiger partial charge in [-0.3, -0.25) is 0 Å². The number of alkyl halides is 1. The minimum atomic E-state index is 0.913. The number of hydrogen-bond acceptors (Lipinski definition) is 0. The van der Waals surface area contributed by atoms with Crippen LogP contribution in [0.15, 0.2) is 35.9 Å². The SMILES string of the molecule is CCC1=CCC(CCc2ccc(CBr)cc2)CC1. The third kappa shape index (κ3) is 3.98. The van der Waals surface area contributed by atoms with E-state index >= 15 is 0 Å². The molecule has 1 heteroatoms. The van der Waals surface area contributed by atoms with E-state index in [-0.39, 0.29) is 0 Å². The van der Waals surface area contributed by atoms with E-state index in [2.05, 4.69) is 53.2 Å². The first-order valence-corrected chi connectivity index (χ1v) is 8.25. The van der Waals surface area contributed by atoms with Crippen LogP contribution in [0.3, 0.4) is 0 Å². The fraction of sp³-hybridized carbons (Fsp3) is 0.529. The molecule has 0 radical (unpaired) electrons. The summed E-state index contributed by atoms with van der Waals surface area (Å²) >= 11 is 3.49. The minimum absolute atomic E-state index is 0.913. The van der Waals surface area contributed by atoms with E-state index < -0.39 is 0 Å². The summed E-state index contributed by atoms with van der Waals surface area (Å²) in [5.74, 6) is 0.913. The van der Waals surface area contributed by atoms with Crippen LogP contribution in [-0.2, 0) is 11.8 Å². The van der Waals surface area contributed by atoms with Crippen LogP contribution in [0.25, 0.3) is 0 Å². The molecular formula is C17H23Br. The zero-order valence-corrected chi connectivity index (χ0v) is 12.9. The van der Waals surface area contributed by atoms with Gasteiger partial charge >= 0.3 is 0 Å². The Morgan fingerprint density at radius 2 is 1.89 bits per heavy atom. The van der Waals surface area contributed by atoms with Gasteiger partial charge in [0.2, 0.25) is 0 Å². The number of halogens is 1. The Balaban J connectivity index is 1.79. The average Bonchev–Trinajstić information content (AvgIpc) is 2.46. The average molecular weight is 307 g/mol. The molecule has 0 amide bonds. The fourth-order valence-electron chi connectivity index (χ4n) is 2.69. The molecule has 18 heavy (non-hydrogen) atoms. The Morgan fingerprint density at radius 3 is 2.44 bits per heavy atom. The molecule has 1 aliphatic carbocycles. The van der Waals surface area contributed by atoms with Crippen LogP contribution in [0.5, 0.6) is 0 Å². The standard InChI is InChI=1S/C17H23Br/c1-2-14-3-5-15(6-4-14)7-8-16-9-11-17(13-18)12-10-16/h3,9-12,15H,2,4-8,13H2,1H3. The predicted molar refractivity (Wildman–Crippen MR) is 83.1 cm³/mol. The number of allylic oxidation sites excluding steroid dienone is 2. The van der Waals surface area contributed by atoms with Crippen LogP contribution >= 0.6 is 15.9 Å². The maximum absolute atomic E-state index is 3.49. The summed E-state index contributed by atoms with van der Waals surface area (Å²) < 4.78 is 0. The van der Waals surface area contributed by atoms with E-state index in [0.717, 1.165) is 11.2 Å². The summed E-state index contributed by atoms with van der Waals surface area (Å²) in [4.78, 5) is 0. The molecule has 0 aromatic heterocycles. The Kier molecular flexibility index (Phi) is 5.49. The van der Waals surface area contributed by atoms with Gasteiger partial charge in [-0.2, -0.15) is 0 Å². The second-order valence-electron chi connectivity index (χ2n) is 5.35. The lowest BCUT2D eigenvalue weighted by molar-refractivity contribution is 0.434. The van der Waals surface area contributed by atoms with Crippen molar-refractivity contribution in [3.63, 3.8) is 0 Å². The Hall–Kier alpha value is -0.560. The van der Waals surface area contributed by atoms with Crippen molar-refractivity contribution < 1.29 is 0 Å². The van der Waals surface area contributed by atoms with Crippen LogP contribution < -0.4 is 0 Å². The van der Waals surface area contributed by atoms with Gasteiger partial charge in [0.1, 0.15) is 0 Å². The Morgan fingerprint density at radius 1 is 1.17 bits per heavy atom. The molecule has 98 valence electrons. The lowest BCUT2D eigenvalue weighted by Crippen LogP contribution is -2.06. The zero-order valence-electron chi connectivity index (χ0n) is 11.3. The van der Waals surface area contributed by atoms with Gasteiger partial charge in [-0.15, -0.1) is 0 Å². The van der Waals surface area contributed by atoms with Crippen LogP contribution in [0.4, 0.5) is 0 Å². The summed E-state index contributed by atoms with van der Waals surface area (Å²) in [6, 6.07) is 9.04. The van der Waals surface area contributed by atoms with Gasteiger partial charge in [0.15, 0.2) is 0 Å². The molecule has 2 rings (SSSR count). The normalized spacial score (nSPS) is 19.7. The van der Waals surface area contributed by atoms with E-state index in [0.29, 0.717) is 0 Å². The molecule has 1 aromatic carbocycles. The fourth-order valence-corrected chi connectivity index (χ4v) is 3.07. The molecule has 0 fully saturated rings. The third-order valence-electron chi connectivity index (χ3n) is 4.09. The summed E-state index contributed by atoms with van der Waals surface area (Å²) in [6.45, 7) is 2.28. The van der Waals surface area contributed by atoms with Gasteiger partial charge in [0.25, 0.3) is 0 Å². The second kappa shape index (κ2) is 7.13. The first kappa shape index (κ1) is 13.9. The van der Waals surface area contributed by atoms with Gasteiger partial charge in [-0.1, -0.05) is 58.8 Å². The first-order valence-electron chi connectivity index (χ1n) is 7.13. The van der Waals surface area contributed by atoms with Crippen molar-refractivity contribution in [3.05, 3.63) is 47.0 Å². The van der Waals surface area contributed by atoms with Crippen LogP contribution in [0.1, 0.15) is 50.2 Å². The van der Waals surface area contributed by atoms with Crippen LogP contribution in [-0.4, -0.2) is 0 Å². The monoisotopic (exact) mass is 306 g/mol. The molecular weight excluding hydrogens is 284 g/mol. The quantitative estimate of drug-likeness (QED) is 0.487. The molecule has 0 saturated carbocycles. The molecule has 0 spiro atoms. The van der Waals surface area contributed by atoms with E-state index in [1.54, 1.807) is 5.57 Å². The first-order chi connectivity index (χ1) is 8.81. The molecule has 0 aliphatic heterocycles. The lowest BCUT2D eigenvalue weighted by Gasteiger charge is -2.21. The van der Waals surface area contributed by atoms with Crippen molar-refractivity contribution >= 4 is 15.9 Å². The molecule has 0 N–H and O–H groups in total. The van der Waals surface area contributed by atoms with E-state index in [4.69, 9.17) is 0 Å². The number of benzene rings is 1. The van der Waals surface area contributed by atoms with Crippen molar-refractivity contribution in [1.29, 1.82) is 0 Å². The highest BCUT2D eigenvalue weighted by Gasteiger charge is 2.13. The van der Waals surface area contributed by atoms with Gasteiger partial charge in [-0.05, 0) is 55.6 Å². The molecule has 0 saturated heterocycles. The Labute approximate surface area is 120 Å². The zero-order chi connectivity index (χ0) is 12.8. The van der Waals surface area contributed by atoms with Crippen LogP contribution in [0, 0.1) is 5.92 Å². The molecule has 0 nitrogen and oxygen atoms in total. The Bertz CT molecular complexity index is 389. The predicted octanol–water partition coefficient (Wildman–Crippen LogP) is 5.65. The third-order valence-corrected chi connectivity index (χ3v) is 4.73. The molecule has 1 aliphatic rings. The summed E-state index contributed by atoms with van der Waals surface area (Å²) in [5.41, 5.74) is 4.53. The maximum atomic E-state index is 3.49. The minimum Gasteiger partial charge on any atom is -0.0876 e. The van der Waals surface area contributed by atoms with E-state index in [1.807, 2.05) is 0 Å². The summed E-state index contributed by atoms with van der Waals surface area (Å²) in [7, 11) is 0. The number of aryl methyl sites for hydroxylation is 1. The van der Waals surface area contributed by atoms with Crippen molar-refractivity contribution in [2.75, 3.05) is 0 Å². The maximum Gasteiger partial charge on any atom is 0.0283 e. The smallest absolute Gasteiger partial charge is 0.0283 e. The molecule has 0 bridgehead atoms. The second-order valence-corrected chi connectivity index (χ2v) is 5.91. The van der Waals surface area contributed by atoms with Crippen molar-refractivity contribution in [1.82, 2.24) is 0 Å². The van der Waals surface area contributed by atoms with Gasteiger partial charge in [-0.25, -0.2) is 0 Å². The largest absolute Gasteiger partial charge is 0.0876 e. The molecule has 1 aromatic rings. The molecule has 1 unspecified atom stereocenters. The van der Waals surface area contributed by atoms with Gasteiger partial charge in [0.05, 0.1) is 0 Å². The van der Waals surface area contributed by atoms with Crippen molar-refractivity contribution in [2.24, 2.45) is 5.92 Å². The highest BCUT2D eigenvalue weighted by Crippen LogP contribution is 2.28. The van der Waals surface area contributed by atoms with Gasteiger partial charge in [0, 0.05) is 5.33 Å².